The Morgan fingerprint density at radius 3 is 1.10 bits per heavy atom. The summed E-state index contributed by atoms with van der Waals surface area (Å²) in [5, 5.41) is 16.6. The number of benzene rings is 10. The van der Waals surface area contributed by atoms with E-state index in [9.17, 15) is 0 Å². The van der Waals surface area contributed by atoms with Gasteiger partial charge in [0.05, 0.1) is 0 Å². The largest absolute Gasteiger partial charge is 0.310 e. The second-order valence-electron chi connectivity index (χ2n) is 13.7. The van der Waals surface area contributed by atoms with Crippen molar-refractivity contribution >= 4 is 103 Å². The molecule has 10 aromatic carbocycles. The molecule has 0 aliphatic carbocycles. The highest BCUT2D eigenvalue weighted by atomic mass is 32.1. The molecule has 0 saturated carbocycles. The summed E-state index contributed by atoms with van der Waals surface area (Å²) in [5.41, 5.74) is 4.62. The van der Waals surface area contributed by atoms with Crippen molar-refractivity contribution in [1.82, 2.24) is 0 Å². The highest BCUT2D eigenvalue weighted by molar-refractivity contribution is 7.22. The van der Waals surface area contributed by atoms with Gasteiger partial charge in [0.25, 0.3) is 0 Å². The number of anilines is 3. The van der Waals surface area contributed by atoms with Crippen LogP contribution >= 0.6 is 11.3 Å². The van der Waals surface area contributed by atoms with Crippen molar-refractivity contribution in [3.8, 4) is 10.4 Å². The van der Waals surface area contributed by atoms with E-state index in [2.05, 4.69) is 193 Å². The van der Waals surface area contributed by atoms with E-state index >= 15 is 0 Å². The Morgan fingerprint density at radius 1 is 0.288 bits per heavy atom. The molecule has 0 N–H and O–H groups in total. The molecular weight excluding hydrogens is 647 g/mol. The molecule has 0 fully saturated rings. The second-order valence-corrected chi connectivity index (χ2v) is 14.8. The van der Waals surface area contributed by atoms with Crippen LogP contribution in [-0.2, 0) is 0 Å². The smallest absolute Gasteiger partial charge is 0.0468 e. The lowest BCUT2D eigenvalue weighted by Crippen LogP contribution is -2.10. The van der Waals surface area contributed by atoms with E-state index in [-0.39, 0.29) is 0 Å². The number of hydrogen-bond donors (Lipinski definition) is 0. The summed E-state index contributed by atoms with van der Waals surface area (Å²) in [6, 6.07) is 69.4. The van der Waals surface area contributed by atoms with Crippen LogP contribution in [0.3, 0.4) is 0 Å². The molecule has 0 radical (unpaired) electrons. The van der Waals surface area contributed by atoms with Crippen LogP contribution in [0.5, 0.6) is 0 Å². The fourth-order valence-electron chi connectivity index (χ4n) is 8.42. The van der Waals surface area contributed by atoms with E-state index in [1.807, 2.05) is 11.3 Å². The van der Waals surface area contributed by atoms with Crippen LogP contribution in [-0.4, -0.2) is 0 Å². The van der Waals surface area contributed by atoms with Gasteiger partial charge in [-0.1, -0.05) is 140 Å². The summed E-state index contributed by atoms with van der Waals surface area (Å²) >= 11 is 1.85. The lowest BCUT2D eigenvalue weighted by molar-refractivity contribution is 1.30. The second kappa shape index (κ2) is 11.5. The summed E-state index contributed by atoms with van der Waals surface area (Å²) < 4.78 is 1.31. The molecule has 11 rings (SSSR count). The van der Waals surface area contributed by atoms with Gasteiger partial charge in [-0.25, -0.2) is 0 Å². The molecule has 0 aliphatic rings. The standard InChI is InChI=1S/C50H31NS/c1-10-20-49-33(11-1)29-50(52-49)32-21-23-34(24-22-32)51(35-25-27-45-41-16-4-2-12-37(41)39-14-6-8-18-43(39)47(45)30-35)36-26-28-46-42-17-5-3-13-38(42)40-15-7-9-19-44(40)48(46)31-36/h1-31H. The van der Waals surface area contributed by atoms with Crippen LogP contribution < -0.4 is 4.90 Å². The third-order valence-electron chi connectivity index (χ3n) is 10.8. The Morgan fingerprint density at radius 2 is 0.654 bits per heavy atom. The van der Waals surface area contributed by atoms with E-state index in [0.717, 1.165) is 17.1 Å². The summed E-state index contributed by atoms with van der Waals surface area (Å²) in [6.45, 7) is 0. The molecule has 0 bridgehead atoms. The van der Waals surface area contributed by atoms with Crippen LogP contribution in [0.15, 0.2) is 188 Å². The Balaban J connectivity index is 1.16. The van der Waals surface area contributed by atoms with Crippen LogP contribution in [0.2, 0.25) is 0 Å². The maximum atomic E-state index is 2.43. The third-order valence-corrected chi connectivity index (χ3v) is 12.0. The van der Waals surface area contributed by atoms with Crippen molar-refractivity contribution in [2.75, 3.05) is 4.90 Å². The van der Waals surface area contributed by atoms with Crippen LogP contribution in [0.4, 0.5) is 17.1 Å². The quantitative estimate of drug-likeness (QED) is 0.168. The van der Waals surface area contributed by atoms with Crippen molar-refractivity contribution < 1.29 is 0 Å². The van der Waals surface area contributed by atoms with Gasteiger partial charge in [-0.05, 0) is 124 Å². The molecule has 52 heavy (non-hydrogen) atoms. The highest BCUT2D eigenvalue weighted by Gasteiger charge is 2.18. The van der Waals surface area contributed by atoms with E-state index in [1.165, 1.54) is 85.2 Å². The first kappa shape index (κ1) is 29.3. The summed E-state index contributed by atoms with van der Waals surface area (Å²) in [6.07, 6.45) is 0. The van der Waals surface area contributed by atoms with Gasteiger partial charge < -0.3 is 4.90 Å². The number of thiophene rings is 1. The van der Waals surface area contributed by atoms with Crippen LogP contribution in [0.1, 0.15) is 0 Å². The Bertz CT molecular complexity index is 2930. The minimum absolute atomic E-state index is 1.12. The van der Waals surface area contributed by atoms with Gasteiger partial charge in [0, 0.05) is 26.6 Å². The minimum atomic E-state index is 1.12. The number of hydrogen-bond acceptors (Lipinski definition) is 2. The van der Waals surface area contributed by atoms with Crippen molar-refractivity contribution in [3.05, 3.63) is 188 Å². The van der Waals surface area contributed by atoms with Gasteiger partial charge in [0.2, 0.25) is 0 Å². The molecule has 0 spiro atoms. The van der Waals surface area contributed by atoms with Crippen LogP contribution in [0, 0.1) is 0 Å². The predicted octanol–water partition coefficient (Wildman–Crippen LogP) is 15.0. The molecule has 2 heteroatoms. The van der Waals surface area contributed by atoms with Crippen molar-refractivity contribution in [2.45, 2.75) is 0 Å². The Labute approximate surface area is 305 Å². The average molecular weight is 678 g/mol. The molecule has 0 saturated heterocycles. The maximum Gasteiger partial charge on any atom is 0.0468 e. The molecule has 0 amide bonds. The van der Waals surface area contributed by atoms with Gasteiger partial charge in [-0.15, -0.1) is 11.3 Å². The SMILES string of the molecule is c1ccc2sc(-c3ccc(N(c4ccc5c6ccccc6c6ccccc6c5c4)c4ccc5c6ccccc6c6ccccc6c5c4)cc3)cc2c1. The summed E-state index contributed by atoms with van der Waals surface area (Å²) in [5.74, 6) is 0. The van der Waals surface area contributed by atoms with Crippen molar-refractivity contribution in [3.63, 3.8) is 0 Å². The first-order valence-electron chi connectivity index (χ1n) is 17.8. The van der Waals surface area contributed by atoms with Gasteiger partial charge in [0.1, 0.15) is 0 Å². The van der Waals surface area contributed by atoms with Gasteiger partial charge in [-0.2, -0.15) is 0 Å². The fraction of sp³-hybridized carbons (Fsp3) is 0. The molecule has 242 valence electrons. The molecular formula is C50H31NS. The normalized spacial score (nSPS) is 11.8. The topological polar surface area (TPSA) is 3.24 Å². The van der Waals surface area contributed by atoms with Gasteiger partial charge >= 0.3 is 0 Å². The first-order valence-corrected chi connectivity index (χ1v) is 18.7. The maximum absolute atomic E-state index is 2.43. The summed E-state index contributed by atoms with van der Waals surface area (Å²) in [7, 11) is 0. The van der Waals surface area contributed by atoms with E-state index in [0.29, 0.717) is 0 Å². The van der Waals surface area contributed by atoms with Gasteiger partial charge in [-0.3, -0.25) is 0 Å². The third kappa shape index (κ3) is 4.48. The first-order chi connectivity index (χ1) is 25.8. The Hall–Kier alpha value is -6.48. The van der Waals surface area contributed by atoms with E-state index < -0.39 is 0 Å². The Kier molecular flexibility index (Phi) is 6.49. The predicted molar refractivity (Wildman–Crippen MR) is 227 cm³/mol. The monoisotopic (exact) mass is 677 g/mol. The van der Waals surface area contributed by atoms with Crippen molar-refractivity contribution in [1.29, 1.82) is 0 Å². The zero-order valence-electron chi connectivity index (χ0n) is 28.3. The van der Waals surface area contributed by atoms with Gasteiger partial charge in [0.15, 0.2) is 0 Å². The van der Waals surface area contributed by atoms with E-state index in [1.54, 1.807) is 0 Å². The lowest BCUT2D eigenvalue weighted by atomic mass is 9.93. The molecule has 0 unspecified atom stereocenters. The van der Waals surface area contributed by atoms with Crippen LogP contribution in [0.25, 0.3) is 85.2 Å². The molecule has 0 atom stereocenters. The number of nitrogens with zero attached hydrogens (tertiary/aromatic N) is 1. The number of rotatable bonds is 4. The minimum Gasteiger partial charge on any atom is -0.310 e. The lowest BCUT2D eigenvalue weighted by Gasteiger charge is -2.27. The van der Waals surface area contributed by atoms with E-state index in [4.69, 9.17) is 0 Å². The summed E-state index contributed by atoms with van der Waals surface area (Å²) in [4.78, 5) is 3.72. The zero-order chi connectivity index (χ0) is 34.2. The molecule has 1 aromatic heterocycles. The average Bonchev–Trinajstić information content (AvgIpc) is 3.66. The molecule has 1 heterocycles. The van der Waals surface area contributed by atoms with Crippen molar-refractivity contribution in [2.24, 2.45) is 0 Å². The number of fused-ring (bicyclic) bond motifs is 13. The highest BCUT2D eigenvalue weighted by Crippen LogP contribution is 2.44. The molecule has 11 aromatic rings. The molecule has 1 nitrogen and oxygen atoms in total. The fourth-order valence-corrected chi connectivity index (χ4v) is 9.48. The molecule has 0 aliphatic heterocycles. The zero-order valence-corrected chi connectivity index (χ0v) is 29.1.